The molecule has 94 valence electrons. The van der Waals surface area contributed by atoms with E-state index in [-0.39, 0.29) is 0 Å². The molecule has 1 aromatic carbocycles. The van der Waals surface area contributed by atoms with Crippen LogP contribution in [0.5, 0.6) is 0 Å². The van der Waals surface area contributed by atoms with Crippen molar-refractivity contribution in [1.29, 1.82) is 0 Å². The molecule has 0 saturated heterocycles. The quantitative estimate of drug-likeness (QED) is 0.755. The van der Waals surface area contributed by atoms with Crippen LogP contribution in [0.15, 0.2) is 58.5 Å². The van der Waals surface area contributed by atoms with Crippen molar-refractivity contribution in [2.45, 2.75) is 0 Å². The maximum atomic E-state index is 4.53. The van der Waals surface area contributed by atoms with Gasteiger partial charge in [0.05, 0.1) is 10.6 Å². The van der Waals surface area contributed by atoms with Gasteiger partial charge in [-0.2, -0.15) is 0 Å². The summed E-state index contributed by atoms with van der Waals surface area (Å²) in [6.45, 7) is 0. The molecule has 0 unspecified atom stereocenters. The van der Waals surface area contributed by atoms with E-state index in [0.717, 1.165) is 20.7 Å². The molecule has 3 aromatic rings. The van der Waals surface area contributed by atoms with Gasteiger partial charge in [-0.15, -0.1) is 11.3 Å². The highest BCUT2D eigenvalue weighted by Gasteiger charge is 2.07. The molecular weight excluding hydrogens is 322 g/mol. The van der Waals surface area contributed by atoms with E-state index in [1.54, 1.807) is 17.5 Å². The molecular formula is C14H10BrN3S. The smallest absolute Gasteiger partial charge is 0.227 e. The van der Waals surface area contributed by atoms with Crippen LogP contribution in [-0.2, 0) is 0 Å². The van der Waals surface area contributed by atoms with Crippen molar-refractivity contribution in [3.63, 3.8) is 0 Å². The summed E-state index contributed by atoms with van der Waals surface area (Å²) in [5.74, 6) is 0.601. The number of hydrogen-bond acceptors (Lipinski definition) is 4. The van der Waals surface area contributed by atoms with E-state index in [0.29, 0.717) is 5.95 Å². The molecule has 0 fully saturated rings. The molecule has 0 aliphatic rings. The molecule has 5 heteroatoms. The normalized spacial score (nSPS) is 10.4. The Morgan fingerprint density at radius 3 is 2.63 bits per heavy atom. The second-order valence-corrected chi connectivity index (χ2v) is 5.62. The molecule has 0 saturated carbocycles. The van der Waals surface area contributed by atoms with Gasteiger partial charge >= 0.3 is 0 Å². The summed E-state index contributed by atoms with van der Waals surface area (Å²) in [6.07, 6.45) is 1.76. The lowest BCUT2D eigenvalue weighted by Gasteiger charge is -2.05. The van der Waals surface area contributed by atoms with E-state index in [9.17, 15) is 0 Å². The molecule has 19 heavy (non-hydrogen) atoms. The third-order valence-electron chi connectivity index (χ3n) is 2.54. The summed E-state index contributed by atoms with van der Waals surface area (Å²) >= 11 is 5.18. The van der Waals surface area contributed by atoms with E-state index in [1.165, 1.54) is 0 Å². The van der Waals surface area contributed by atoms with Gasteiger partial charge in [-0.05, 0) is 45.6 Å². The molecule has 0 spiro atoms. The molecule has 0 aliphatic carbocycles. The fourth-order valence-electron chi connectivity index (χ4n) is 1.67. The third-order valence-corrected chi connectivity index (χ3v) is 4.40. The Labute approximate surface area is 123 Å². The number of para-hydroxylation sites is 1. The zero-order valence-corrected chi connectivity index (χ0v) is 12.3. The molecule has 3 nitrogen and oxygen atoms in total. The van der Waals surface area contributed by atoms with Gasteiger partial charge in [0.1, 0.15) is 0 Å². The van der Waals surface area contributed by atoms with Crippen molar-refractivity contribution in [1.82, 2.24) is 9.97 Å². The van der Waals surface area contributed by atoms with Crippen LogP contribution >= 0.6 is 27.3 Å². The summed E-state index contributed by atoms with van der Waals surface area (Å²) < 4.78 is 1.06. The van der Waals surface area contributed by atoms with Crippen LogP contribution in [0.2, 0.25) is 0 Å². The lowest BCUT2D eigenvalue weighted by atomic mass is 10.3. The van der Waals surface area contributed by atoms with Crippen molar-refractivity contribution < 1.29 is 0 Å². The van der Waals surface area contributed by atoms with Gasteiger partial charge in [-0.25, -0.2) is 9.97 Å². The number of nitrogens with zero attached hydrogens (tertiary/aromatic N) is 2. The van der Waals surface area contributed by atoms with Crippen molar-refractivity contribution in [2.24, 2.45) is 0 Å². The first-order chi connectivity index (χ1) is 9.33. The highest BCUT2D eigenvalue weighted by molar-refractivity contribution is 9.10. The molecule has 2 aromatic heterocycles. The minimum atomic E-state index is 0.601. The van der Waals surface area contributed by atoms with Crippen LogP contribution in [0, 0.1) is 0 Å². The van der Waals surface area contributed by atoms with E-state index in [4.69, 9.17) is 0 Å². The monoisotopic (exact) mass is 331 g/mol. The Morgan fingerprint density at radius 2 is 1.89 bits per heavy atom. The SMILES string of the molecule is Brc1ccsc1-c1ccnc(Nc2ccccc2)n1. The third kappa shape index (κ3) is 2.83. The number of benzene rings is 1. The summed E-state index contributed by atoms with van der Waals surface area (Å²) in [6, 6.07) is 13.8. The fraction of sp³-hybridized carbons (Fsp3) is 0. The first-order valence-electron chi connectivity index (χ1n) is 5.71. The van der Waals surface area contributed by atoms with E-state index >= 15 is 0 Å². The number of thiophene rings is 1. The van der Waals surface area contributed by atoms with Crippen LogP contribution in [-0.4, -0.2) is 9.97 Å². The van der Waals surface area contributed by atoms with Crippen LogP contribution in [0.3, 0.4) is 0 Å². The zero-order valence-electron chi connectivity index (χ0n) is 9.88. The van der Waals surface area contributed by atoms with Crippen LogP contribution in [0.1, 0.15) is 0 Å². The summed E-state index contributed by atoms with van der Waals surface area (Å²) in [4.78, 5) is 9.88. The van der Waals surface area contributed by atoms with Gasteiger partial charge in [0.2, 0.25) is 5.95 Å². The molecule has 0 amide bonds. The van der Waals surface area contributed by atoms with Crippen molar-refractivity contribution in [3.8, 4) is 10.6 Å². The molecule has 2 heterocycles. The van der Waals surface area contributed by atoms with Crippen molar-refractivity contribution in [2.75, 3.05) is 5.32 Å². The second-order valence-electron chi connectivity index (χ2n) is 3.85. The predicted octanol–water partition coefficient (Wildman–Crippen LogP) is 4.71. The topological polar surface area (TPSA) is 37.8 Å². The fourth-order valence-corrected chi connectivity index (χ4v) is 3.22. The Hall–Kier alpha value is -1.72. The van der Waals surface area contributed by atoms with Gasteiger partial charge in [-0.1, -0.05) is 18.2 Å². The average Bonchev–Trinajstić information content (AvgIpc) is 2.86. The maximum absolute atomic E-state index is 4.53. The number of nitrogens with one attached hydrogen (secondary N) is 1. The van der Waals surface area contributed by atoms with E-state index in [2.05, 4.69) is 31.2 Å². The van der Waals surface area contributed by atoms with Crippen LogP contribution < -0.4 is 5.32 Å². The largest absolute Gasteiger partial charge is 0.324 e. The van der Waals surface area contributed by atoms with Gasteiger partial charge < -0.3 is 5.32 Å². The molecule has 1 N–H and O–H groups in total. The summed E-state index contributed by atoms with van der Waals surface area (Å²) in [5.41, 5.74) is 1.89. The van der Waals surface area contributed by atoms with Gasteiger partial charge in [0.15, 0.2) is 0 Å². The van der Waals surface area contributed by atoms with E-state index < -0.39 is 0 Å². The average molecular weight is 332 g/mol. The lowest BCUT2D eigenvalue weighted by molar-refractivity contribution is 1.17. The Balaban J connectivity index is 1.91. The van der Waals surface area contributed by atoms with Gasteiger partial charge in [-0.3, -0.25) is 0 Å². The Kier molecular flexibility index (Phi) is 3.57. The lowest BCUT2D eigenvalue weighted by Crippen LogP contribution is -1.97. The first kappa shape index (κ1) is 12.3. The predicted molar refractivity (Wildman–Crippen MR) is 82.8 cm³/mol. The summed E-state index contributed by atoms with van der Waals surface area (Å²) in [5, 5.41) is 5.23. The molecule has 0 atom stereocenters. The van der Waals surface area contributed by atoms with Gasteiger partial charge in [0, 0.05) is 16.4 Å². The minimum absolute atomic E-state index is 0.601. The number of anilines is 2. The number of hydrogen-bond donors (Lipinski definition) is 1. The number of rotatable bonds is 3. The molecule has 0 radical (unpaired) electrons. The van der Waals surface area contributed by atoms with Crippen molar-refractivity contribution >= 4 is 38.9 Å². The molecule has 3 rings (SSSR count). The highest BCUT2D eigenvalue weighted by Crippen LogP contribution is 2.32. The Bertz CT molecular complexity index is 682. The zero-order chi connectivity index (χ0) is 13.1. The Morgan fingerprint density at radius 1 is 1.05 bits per heavy atom. The molecule has 0 bridgehead atoms. The van der Waals surface area contributed by atoms with Crippen LogP contribution in [0.4, 0.5) is 11.6 Å². The molecule has 0 aliphatic heterocycles. The second kappa shape index (κ2) is 5.50. The standard InChI is InChI=1S/C14H10BrN3S/c15-11-7-9-19-13(11)12-6-8-16-14(18-12)17-10-4-2-1-3-5-10/h1-9H,(H,16,17,18). The number of halogens is 1. The minimum Gasteiger partial charge on any atom is -0.324 e. The van der Waals surface area contributed by atoms with E-state index in [1.807, 2.05) is 47.8 Å². The van der Waals surface area contributed by atoms with Crippen LogP contribution in [0.25, 0.3) is 10.6 Å². The highest BCUT2D eigenvalue weighted by atomic mass is 79.9. The summed E-state index contributed by atoms with van der Waals surface area (Å²) in [7, 11) is 0. The van der Waals surface area contributed by atoms with Gasteiger partial charge in [0.25, 0.3) is 0 Å². The van der Waals surface area contributed by atoms with Crippen molar-refractivity contribution in [3.05, 3.63) is 58.5 Å². The maximum Gasteiger partial charge on any atom is 0.227 e. The first-order valence-corrected chi connectivity index (χ1v) is 7.39. The number of aromatic nitrogens is 2.